The maximum absolute atomic E-state index is 11.8. The third-order valence-electron chi connectivity index (χ3n) is 2.73. The van der Waals surface area contributed by atoms with Crippen LogP contribution in [0.5, 0.6) is 0 Å². The van der Waals surface area contributed by atoms with Crippen LogP contribution in [0, 0.1) is 0 Å². The molecule has 0 N–H and O–H groups in total. The highest BCUT2D eigenvalue weighted by molar-refractivity contribution is 6.03. The van der Waals surface area contributed by atoms with Crippen LogP contribution in [0.4, 0.5) is 11.4 Å². The Bertz CT molecular complexity index is 417. The molecule has 0 radical (unpaired) electrons. The van der Waals surface area contributed by atoms with Crippen LogP contribution < -0.4 is 9.80 Å². The van der Waals surface area contributed by atoms with E-state index in [4.69, 9.17) is 0 Å². The summed E-state index contributed by atoms with van der Waals surface area (Å²) in [5, 5.41) is 0. The summed E-state index contributed by atoms with van der Waals surface area (Å²) in [6.07, 6.45) is 1.22. The predicted octanol–water partition coefficient (Wildman–Crippen LogP) is 1.06. The highest BCUT2D eigenvalue weighted by atomic mass is 16.2. The quantitative estimate of drug-likeness (QED) is 0.712. The van der Waals surface area contributed by atoms with Gasteiger partial charge in [0.25, 0.3) is 0 Å². The van der Waals surface area contributed by atoms with E-state index in [9.17, 15) is 9.59 Å². The number of carbonyl (C=O) groups excluding carboxylic acids is 2. The van der Waals surface area contributed by atoms with E-state index < -0.39 is 0 Å². The molecule has 0 atom stereocenters. The molecule has 0 bridgehead atoms. The Kier molecular flexibility index (Phi) is 2.90. The van der Waals surface area contributed by atoms with Gasteiger partial charge < -0.3 is 14.6 Å². The van der Waals surface area contributed by atoms with E-state index in [1.54, 1.807) is 4.90 Å². The Balaban J connectivity index is 2.35. The lowest BCUT2D eigenvalue weighted by Crippen LogP contribution is -2.44. The van der Waals surface area contributed by atoms with E-state index in [1.807, 2.05) is 36.2 Å². The number of hydrogen-bond acceptors (Lipinski definition) is 3. The molecule has 84 valence electrons. The van der Waals surface area contributed by atoms with Crippen LogP contribution in [0.1, 0.15) is 6.42 Å². The molecule has 1 aromatic rings. The number of nitrogens with zero attached hydrogens (tertiary/aromatic N) is 2. The Labute approximate surface area is 94.5 Å². The van der Waals surface area contributed by atoms with E-state index in [0.717, 1.165) is 17.7 Å². The minimum Gasteiger partial charge on any atom is -0.364 e. The van der Waals surface area contributed by atoms with Gasteiger partial charge in [0.1, 0.15) is 6.29 Å². The molecule has 4 heteroatoms. The van der Waals surface area contributed by atoms with E-state index in [2.05, 4.69) is 0 Å². The first-order chi connectivity index (χ1) is 7.74. The Morgan fingerprint density at radius 3 is 2.69 bits per heavy atom. The zero-order valence-corrected chi connectivity index (χ0v) is 9.22. The summed E-state index contributed by atoms with van der Waals surface area (Å²) in [7, 11) is 1.90. The Morgan fingerprint density at radius 1 is 1.31 bits per heavy atom. The number of hydrogen-bond donors (Lipinski definition) is 0. The molecule has 1 heterocycles. The van der Waals surface area contributed by atoms with Crippen LogP contribution in [0.3, 0.4) is 0 Å². The summed E-state index contributed by atoms with van der Waals surface area (Å²) in [5.74, 6) is 0.0445. The molecule has 0 fully saturated rings. The largest absolute Gasteiger partial charge is 0.364 e. The van der Waals surface area contributed by atoms with E-state index in [1.165, 1.54) is 0 Å². The first-order valence-electron chi connectivity index (χ1n) is 5.28. The number of carbonyl (C=O) groups is 2. The summed E-state index contributed by atoms with van der Waals surface area (Å²) in [5.41, 5.74) is 1.93. The lowest BCUT2D eigenvalue weighted by atomic mass is 10.1. The summed E-state index contributed by atoms with van der Waals surface area (Å²) in [4.78, 5) is 25.8. The van der Waals surface area contributed by atoms with Gasteiger partial charge in [0.2, 0.25) is 5.91 Å². The number of rotatable bonds is 3. The number of amides is 1. The van der Waals surface area contributed by atoms with Gasteiger partial charge in [-0.2, -0.15) is 0 Å². The van der Waals surface area contributed by atoms with E-state index in [0.29, 0.717) is 19.5 Å². The van der Waals surface area contributed by atoms with Crippen molar-refractivity contribution in [3.63, 3.8) is 0 Å². The zero-order chi connectivity index (χ0) is 11.5. The normalized spacial score (nSPS) is 14.9. The topological polar surface area (TPSA) is 40.6 Å². The van der Waals surface area contributed by atoms with Crippen LogP contribution in [0.2, 0.25) is 0 Å². The van der Waals surface area contributed by atoms with E-state index in [-0.39, 0.29) is 5.91 Å². The van der Waals surface area contributed by atoms with Gasteiger partial charge in [-0.1, -0.05) is 12.1 Å². The van der Waals surface area contributed by atoms with Gasteiger partial charge in [-0.15, -0.1) is 0 Å². The molecule has 0 saturated carbocycles. The van der Waals surface area contributed by atoms with Gasteiger partial charge in [0, 0.05) is 20.0 Å². The summed E-state index contributed by atoms with van der Waals surface area (Å²) in [6, 6.07) is 7.74. The van der Waals surface area contributed by atoms with Crippen molar-refractivity contribution < 1.29 is 9.59 Å². The average molecular weight is 218 g/mol. The zero-order valence-electron chi connectivity index (χ0n) is 9.22. The van der Waals surface area contributed by atoms with Crippen molar-refractivity contribution in [3.05, 3.63) is 24.3 Å². The number of para-hydroxylation sites is 2. The minimum atomic E-state index is 0.0445. The third kappa shape index (κ3) is 1.78. The fourth-order valence-electron chi connectivity index (χ4n) is 1.95. The molecular weight excluding hydrogens is 204 g/mol. The third-order valence-corrected chi connectivity index (χ3v) is 2.73. The molecular formula is C12H14N2O2. The standard InChI is InChI=1S/C12H14N2O2/c1-13-9-12(16)14(7-4-8-15)11-6-3-2-5-10(11)13/h2-3,5-6,8H,4,7,9H2,1H3. The fourth-order valence-corrected chi connectivity index (χ4v) is 1.95. The van der Waals surface area contributed by atoms with Crippen molar-refractivity contribution >= 4 is 23.6 Å². The SMILES string of the molecule is CN1CC(=O)N(CCC=O)c2ccccc21. The molecule has 4 nitrogen and oxygen atoms in total. The molecule has 0 saturated heterocycles. The van der Waals surface area contributed by atoms with Crippen LogP contribution >= 0.6 is 0 Å². The lowest BCUT2D eigenvalue weighted by molar-refractivity contribution is -0.117. The van der Waals surface area contributed by atoms with Crippen molar-refractivity contribution in [2.75, 3.05) is 29.9 Å². The maximum atomic E-state index is 11.8. The molecule has 0 unspecified atom stereocenters. The fraction of sp³-hybridized carbons (Fsp3) is 0.333. The first-order valence-corrected chi connectivity index (χ1v) is 5.28. The molecule has 1 aliphatic rings. The summed E-state index contributed by atoms with van der Waals surface area (Å²) in [6.45, 7) is 0.836. The lowest BCUT2D eigenvalue weighted by Gasteiger charge is -2.34. The van der Waals surface area contributed by atoms with Gasteiger partial charge in [0.05, 0.1) is 17.9 Å². The highest BCUT2D eigenvalue weighted by Crippen LogP contribution is 2.32. The number of anilines is 2. The van der Waals surface area contributed by atoms with Gasteiger partial charge in [-0.05, 0) is 12.1 Å². The Hall–Kier alpha value is -1.84. The van der Waals surface area contributed by atoms with Crippen LogP contribution in [0.25, 0.3) is 0 Å². The molecule has 0 aromatic heterocycles. The number of likely N-dealkylation sites (N-methyl/N-ethyl adjacent to an activating group) is 1. The Morgan fingerprint density at radius 2 is 2.00 bits per heavy atom. The van der Waals surface area contributed by atoms with Crippen LogP contribution in [0.15, 0.2) is 24.3 Å². The van der Waals surface area contributed by atoms with Crippen molar-refractivity contribution in [2.24, 2.45) is 0 Å². The van der Waals surface area contributed by atoms with Crippen molar-refractivity contribution in [1.82, 2.24) is 0 Å². The highest BCUT2D eigenvalue weighted by Gasteiger charge is 2.26. The van der Waals surface area contributed by atoms with Crippen molar-refractivity contribution in [3.8, 4) is 0 Å². The van der Waals surface area contributed by atoms with Gasteiger partial charge >= 0.3 is 0 Å². The first kappa shape index (κ1) is 10.7. The summed E-state index contributed by atoms with van der Waals surface area (Å²) >= 11 is 0. The monoisotopic (exact) mass is 218 g/mol. The van der Waals surface area contributed by atoms with Gasteiger partial charge in [0.15, 0.2) is 0 Å². The van der Waals surface area contributed by atoms with Gasteiger partial charge in [-0.25, -0.2) is 0 Å². The average Bonchev–Trinajstić information content (AvgIpc) is 2.29. The van der Waals surface area contributed by atoms with Crippen LogP contribution in [-0.4, -0.2) is 32.3 Å². The minimum absolute atomic E-state index is 0.0445. The second-order valence-corrected chi connectivity index (χ2v) is 3.85. The van der Waals surface area contributed by atoms with Crippen molar-refractivity contribution in [1.29, 1.82) is 0 Å². The smallest absolute Gasteiger partial charge is 0.246 e. The molecule has 0 spiro atoms. The molecule has 1 amide bonds. The molecule has 0 aliphatic carbocycles. The predicted molar refractivity (Wildman–Crippen MR) is 62.7 cm³/mol. The number of aldehydes is 1. The van der Waals surface area contributed by atoms with E-state index >= 15 is 0 Å². The molecule has 1 aromatic carbocycles. The summed E-state index contributed by atoms with van der Waals surface area (Å²) < 4.78 is 0. The number of fused-ring (bicyclic) bond motifs is 1. The molecule has 1 aliphatic heterocycles. The number of benzene rings is 1. The van der Waals surface area contributed by atoms with Gasteiger partial charge in [-0.3, -0.25) is 4.79 Å². The molecule has 2 rings (SSSR count). The molecule has 16 heavy (non-hydrogen) atoms. The van der Waals surface area contributed by atoms with Crippen molar-refractivity contribution in [2.45, 2.75) is 6.42 Å². The second-order valence-electron chi connectivity index (χ2n) is 3.85. The second kappa shape index (κ2) is 4.35. The maximum Gasteiger partial charge on any atom is 0.246 e. The van der Waals surface area contributed by atoms with Crippen LogP contribution in [-0.2, 0) is 9.59 Å².